The van der Waals surface area contributed by atoms with Crippen LogP contribution in [0.5, 0.6) is 0 Å². The van der Waals surface area contributed by atoms with Crippen molar-refractivity contribution >= 4 is 28.5 Å². The zero-order chi connectivity index (χ0) is 26.1. The number of rotatable bonds is 11. The van der Waals surface area contributed by atoms with Crippen molar-refractivity contribution in [1.82, 2.24) is 15.5 Å². The average Bonchev–Trinajstić information content (AvgIpc) is 2.85. The van der Waals surface area contributed by atoms with E-state index in [1.165, 1.54) is 16.3 Å². The van der Waals surface area contributed by atoms with Crippen molar-refractivity contribution in [2.45, 2.75) is 77.3 Å². The molecule has 7 heteroatoms. The standard InChI is InChI=1S/C29H41N3O4/c1-21-8-11-26-20-24(9-12-25(26)19-21)10-13-27(34)31-29(14-17-36-18-15-29)28(35)30-22(2)7-5-6-16-32(4)23(3)33/h8-9,11-12,19-20,22H,5-7,10,13-18H2,1-4H3,(H,30,35)(H,31,34). The summed E-state index contributed by atoms with van der Waals surface area (Å²) in [5.74, 6) is -0.186. The summed E-state index contributed by atoms with van der Waals surface area (Å²) in [6.45, 7) is 7.24. The van der Waals surface area contributed by atoms with Gasteiger partial charge in [0.1, 0.15) is 5.54 Å². The lowest BCUT2D eigenvalue weighted by molar-refractivity contribution is -0.138. The first-order chi connectivity index (χ1) is 17.2. The summed E-state index contributed by atoms with van der Waals surface area (Å²) in [4.78, 5) is 39.3. The maximum atomic E-state index is 13.3. The molecule has 36 heavy (non-hydrogen) atoms. The van der Waals surface area contributed by atoms with Crippen molar-refractivity contribution in [3.8, 4) is 0 Å². The molecule has 1 atom stereocenters. The van der Waals surface area contributed by atoms with Crippen LogP contribution in [0.4, 0.5) is 0 Å². The molecule has 1 saturated heterocycles. The topological polar surface area (TPSA) is 87.7 Å². The second-order valence-corrected chi connectivity index (χ2v) is 10.2. The summed E-state index contributed by atoms with van der Waals surface area (Å²) < 4.78 is 5.50. The number of benzene rings is 2. The van der Waals surface area contributed by atoms with Gasteiger partial charge < -0.3 is 20.3 Å². The molecule has 2 N–H and O–H groups in total. The zero-order valence-corrected chi connectivity index (χ0v) is 22.2. The molecular formula is C29H41N3O4. The third-order valence-electron chi connectivity index (χ3n) is 7.16. The van der Waals surface area contributed by atoms with Crippen molar-refractivity contribution in [2.24, 2.45) is 0 Å². The SMILES string of the molecule is CC(=O)N(C)CCCCC(C)NC(=O)C1(NC(=O)CCc2ccc3cc(C)ccc3c2)CCOCC1. The average molecular weight is 496 g/mol. The third-order valence-corrected chi connectivity index (χ3v) is 7.16. The van der Waals surface area contributed by atoms with Crippen LogP contribution in [0.2, 0.25) is 0 Å². The van der Waals surface area contributed by atoms with Crippen LogP contribution in [0.25, 0.3) is 10.8 Å². The van der Waals surface area contributed by atoms with Crippen molar-refractivity contribution < 1.29 is 19.1 Å². The largest absolute Gasteiger partial charge is 0.381 e. The quantitative estimate of drug-likeness (QED) is 0.463. The fourth-order valence-electron chi connectivity index (χ4n) is 4.68. The molecule has 3 rings (SSSR count). The van der Waals surface area contributed by atoms with E-state index >= 15 is 0 Å². The third kappa shape index (κ3) is 7.79. The van der Waals surface area contributed by atoms with E-state index in [1.807, 2.05) is 6.92 Å². The minimum atomic E-state index is -0.931. The van der Waals surface area contributed by atoms with E-state index in [9.17, 15) is 14.4 Å². The van der Waals surface area contributed by atoms with Crippen molar-refractivity contribution in [2.75, 3.05) is 26.8 Å². The van der Waals surface area contributed by atoms with Gasteiger partial charge in [-0.1, -0.05) is 42.0 Å². The molecule has 1 aliphatic rings. The Morgan fingerprint density at radius 1 is 1.06 bits per heavy atom. The van der Waals surface area contributed by atoms with Crippen LogP contribution in [-0.4, -0.2) is 61.0 Å². The lowest BCUT2D eigenvalue weighted by Gasteiger charge is -2.37. The van der Waals surface area contributed by atoms with Gasteiger partial charge in [-0.3, -0.25) is 14.4 Å². The van der Waals surface area contributed by atoms with Gasteiger partial charge in [0.25, 0.3) is 0 Å². The van der Waals surface area contributed by atoms with Gasteiger partial charge in [0, 0.05) is 59.0 Å². The number of fused-ring (bicyclic) bond motifs is 1. The molecule has 1 unspecified atom stereocenters. The number of carbonyl (C=O) groups is 3. The second kappa shape index (κ2) is 12.9. The Kier molecular flexibility index (Phi) is 9.88. The van der Waals surface area contributed by atoms with E-state index in [-0.39, 0.29) is 23.8 Å². The molecule has 0 aliphatic carbocycles. The highest BCUT2D eigenvalue weighted by Gasteiger charge is 2.41. The molecule has 3 amide bonds. The molecule has 2 aromatic carbocycles. The van der Waals surface area contributed by atoms with Gasteiger partial charge >= 0.3 is 0 Å². The maximum Gasteiger partial charge on any atom is 0.246 e. The number of amides is 3. The van der Waals surface area contributed by atoms with E-state index in [0.717, 1.165) is 24.8 Å². The minimum Gasteiger partial charge on any atom is -0.381 e. The summed E-state index contributed by atoms with van der Waals surface area (Å²) in [6, 6.07) is 12.7. The number of nitrogens with zero attached hydrogens (tertiary/aromatic N) is 1. The Hall–Kier alpha value is -2.93. The van der Waals surface area contributed by atoms with E-state index in [4.69, 9.17) is 4.74 Å². The normalized spacial score (nSPS) is 15.8. The Morgan fingerprint density at radius 2 is 1.75 bits per heavy atom. The van der Waals surface area contributed by atoms with Crippen LogP contribution >= 0.6 is 0 Å². The lowest BCUT2D eigenvalue weighted by atomic mass is 9.88. The predicted molar refractivity (Wildman–Crippen MR) is 143 cm³/mol. The first kappa shape index (κ1) is 27.7. The van der Waals surface area contributed by atoms with Gasteiger partial charge in [0.15, 0.2) is 0 Å². The number of ether oxygens (including phenoxy) is 1. The summed E-state index contributed by atoms with van der Waals surface area (Å²) in [6.07, 6.45) is 4.50. The molecule has 0 radical (unpaired) electrons. The summed E-state index contributed by atoms with van der Waals surface area (Å²) >= 11 is 0. The smallest absolute Gasteiger partial charge is 0.246 e. The number of hydrogen-bond donors (Lipinski definition) is 2. The van der Waals surface area contributed by atoms with Gasteiger partial charge in [-0.15, -0.1) is 0 Å². The molecule has 196 valence electrons. The van der Waals surface area contributed by atoms with E-state index < -0.39 is 5.54 Å². The summed E-state index contributed by atoms with van der Waals surface area (Å²) in [5.41, 5.74) is 1.40. The molecule has 7 nitrogen and oxygen atoms in total. The van der Waals surface area contributed by atoms with Crippen molar-refractivity contribution in [3.05, 3.63) is 47.5 Å². The van der Waals surface area contributed by atoms with Gasteiger partial charge in [0.2, 0.25) is 17.7 Å². The number of hydrogen-bond acceptors (Lipinski definition) is 4. The number of aryl methyl sites for hydroxylation is 2. The maximum absolute atomic E-state index is 13.3. The second-order valence-electron chi connectivity index (χ2n) is 10.2. The first-order valence-electron chi connectivity index (χ1n) is 13.1. The molecule has 2 aromatic rings. The number of unbranched alkanes of at least 4 members (excludes halogenated alkanes) is 1. The highest BCUT2D eigenvalue weighted by molar-refractivity contribution is 5.92. The monoisotopic (exact) mass is 495 g/mol. The molecular weight excluding hydrogens is 454 g/mol. The van der Waals surface area contributed by atoms with Gasteiger partial charge in [-0.25, -0.2) is 0 Å². The molecule has 1 fully saturated rings. The highest BCUT2D eigenvalue weighted by Crippen LogP contribution is 2.23. The molecule has 0 spiro atoms. The predicted octanol–water partition coefficient (Wildman–Crippen LogP) is 3.90. The van der Waals surface area contributed by atoms with Crippen molar-refractivity contribution in [3.63, 3.8) is 0 Å². The van der Waals surface area contributed by atoms with Gasteiger partial charge in [-0.05, 0) is 55.9 Å². The fraction of sp³-hybridized carbons (Fsp3) is 0.552. The van der Waals surface area contributed by atoms with Crippen molar-refractivity contribution in [1.29, 1.82) is 0 Å². The lowest BCUT2D eigenvalue weighted by Crippen LogP contribution is -2.62. The van der Waals surface area contributed by atoms with Crippen LogP contribution in [0.15, 0.2) is 36.4 Å². The van der Waals surface area contributed by atoms with Crippen LogP contribution in [0, 0.1) is 6.92 Å². The Bertz CT molecular complexity index is 1060. The molecule has 0 bridgehead atoms. The van der Waals surface area contributed by atoms with Crippen LogP contribution in [0.1, 0.15) is 63.5 Å². The van der Waals surface area contributed by atoms with Gasteiger partial charge in [0.05, 0.1) is 0 Å². The molecule has 0 saturated carbocycles. The molecule has 0 aromatic heterocycles. The number of carbonyl (C=O) groups excluding carboxylic acids is 3. The first-order valence-corrected chi connectivity index (χ1v) is 13.1. The Labute approximate surface area is 214 Å². The molecule has 1 aliphatic heterocycles. The highest BCUT2D eigenvalue weighted by atomic mass is 16.5. The number of nitrogens with one attached hydrogen (secondary N) is 2. The summed E-state index contributed by atoms with van der Waals surface area (Å²) in [5, 5.41) is 8.55. The van der Waals surface area contributed by atoms with E-state index in [2.05, 4.69) is 54.0 Å². The van der Waals surface area contributed by atoms with Crippen LogP contribution in [0.3, 0.4) is 0 Å². The minimum absolute atomic E-state index is 0.0157. The molecule has 1 heterocycles. The fourth-order valence-corrected chi connectivity index (χ4v) is 4.68. The van der Waals surface area contributed by atoms with E-state index in [1.54, 1.807) is 18.9 Å². The van der Waals surface area contributed by atoms with Crippen LogP contribution < -0.4 is 10.6 Å². The Balaban J connectivity index is 1.52. The van der Waals surface area contributed by atoms with Crippen LogP contribution in [-0.2, 0) is 25.5 Å². The Morgan fingerprint density at radius 3 is 2.47 bits per heavy atom. The summed E-state index contributed by atoms with van der Waals surface area (Å²) in [7, 11) is 1.80. The van der Waals surface area contributed by atoms with E-state index in [0.29, 0.717) is 45.4 Å². The zero-order valence-electron chi connectivity index (χ0n) is 22.2. The van der Waals surface area contributed by atoms with Gasteiger partial charge in [-0.2, -0.15) is 0 Å².